The number of aryl methyl sites for hydroxylation is 1. The maximum absolute atomic E-state index is 12.0. The Bertz CT molecular complexity index is 463. The number of anilines is 1. The summed E-state index contributed by atoms with van der Waals surface area (Å²) in [6.07, 6.45) is -3.79. The van der Waals surface area contributed by atoms with Crippen molar-refractivity contribution in [2.24, 2.45) is 5.73 Å². The number of rotatable bonds is 2. The Kier molecular flexibility index (Phi) is 5.17. The van der Waals surface area contributed by atoms with Crippen molar-refractivity contribution in [3.05, 3.63) is 10.6 Å². The third-order valence-electron chi connectivity index (χ3n) is 2.59. The summed E-state index contributed by atoms with van der Waals surface area (Å²) in [7, 11) is 0. The van der Waals surface area contributed by atoms with Gasteiger partial charge in [0.2, 0.25) is 5.91 Å². The zero-order valence-corrected chi connectivity index (χ0v) is 11.4. The second-order valence-corrected chi connectivity index (χ2v) is 5.32. The summed E-state index contributed by atoms with van der Waals surface area (Å²) in [5.41, 5.74) is 6.62. The van der Waals surface area contributed by atoms with Crippen LogP contribution >= 0.6 is 23.7 Å². The van der Waals surface area contributed by atoms with E-state index in [-0.39, 0.29) is 23.6 Å². The van der Waals surface area contributed by atoms with E-state index in [4.69, 9.17) is 5.73 Å². The predicted molar refractivity (Wildman–Crippen MR) is 68.7 cm³/mol. The van der Waals surface area contributed by atoms with Gasteiger partial charge >= 0.3 is 6.18 Å². The first-order chi connectivity index (χ1) is 8.33. The summed E-state index contributed by atoms with van der Waals surface area (Å²) in [6.45, 7) is 0. The molecule has 9 heteroatoms. The van der Waals surface area contributed by atoms with Crippen molar-refractivity contribution in [3.63, 3.8) is 0 Å². The maximum Gasteiger partial charge on any atom is 0.397 e. The van der Waals surface area contributed by atoms with Gasteiger partial charge in [0.15, 0.2) is 5.13 Å². The average Bonchev–Trinajstić information content (AvgIpc) is 2.55. The average molecular weight is 316 g/mol. The Morgan fingerprint density at radius 3 is 2.84 bits per heavy atom. The molecule has 1 heterocycles. The number of thiazole rings is 1. The molecule has 0 aromatic carbocycles. The fourth-order valence-electron chi connectivity index (χ4n) is 1.80. The molecule has 1 amide bonds. The number of nitrogens with zero attached hydrogens (tertiary/aromatic N) is 1. The topological polar surface area (TPSA) is 68.0 Å². The minimum Gasteiger partial charge on any atom is -0.327 e. The van der Waals surface area contributed by atoms with Crippen LogP contribution in [0.3, 0.4) is 0 Å². The van der Waals surface area contributed by atoms with E-state index in [1.807, 2.05) is 0 Å². The summed E-state index contributed by atoms with van der Waals surface area (Å²) in [5, 5.41) is 2.40. The molecular weight excluding hydrogens is 303 g/mol. The zero-order chi connectivity index (χ0) is 13.3. The van der Waals surface area contributed by atoms with E-state index in [9.17, 15) is 18.0 Å². The number of nitrogens with two attached hydrogens (primary N) is 1. The highest BCUT2D eigenvalue weighted by Crippen LogP contribution is 2.29. The maximum atomic E-state index is 12.0. The Labute approximate surface area is 118 Å². The van der Waals surface area contributed by atoms with E-state index < -0.39 is 18.5 Å². The molecule has 1 atom stereocenters. The number of carbonyl (C=O) groups excluding carboxylic acids is 1. The quantitative estimate of drug-likeness (QED) is 0.879. The Morgan fingerprint density at radius 1 is 1.53 bits per heavy atom. The number of nitrogens with one attached hydrogen (secondary N) is 1. The summed E-state index contributed by atoms with van der Waals surface area (Å²) >= 11 is 1.20. The number of alkyl halides is 3. The van der Waals surface area contributed by atoms with Gasteiger partial charge in [-0.05, 0) is 19.3 Å². The number of amides is 1. The van der Waals surface area contributed by atoms with Gasteiger partial charge in [0.05, 0.1) is 5.69 Å². The van der Waals surface area contributed by atoms with Crippen molar-refractivity contribution in [1.82, 2.24) is 4.98 Å². The smallest absolute Gasteiger partial charge is 0.327 e. The van der Waals surface area contributed by atoms with E-state index in [0.717, 1.165) is 17.0 Å². The first-order valence-electron chi connectivity index (χ1n) is 5.44. The van der Waals surface area contributed by atoms with Crippen LogP contribution in [-0.2, 0) is 17.6 Å². The van der Waals surface area contributed by atoms with E-state index in [1.54, 1.807) is 0 Å². The summed E-state index contributed by atoms with van der Waals surface area (Å²) in [5.74, 6) is -1.09. The molecule has 1 aliphatic rings. The molecule has 0 radical (unpaired) electrons. The van der Waals surface area contributed by atoms with Crippen molar-refractivity contribution in [2.45, 2.75) is 37.9 Å². The van der Waals surface area contributed by atoms with E-state index in [2.05, 4.69) is 10.3 Å². The van der Waals surface area contributed by atoms with Gasteiger partial charge in [0.1, 0.15) is 6.42 Å². The van der Waals surface area contributed by atoms with Gasteiger partial charge in [-0.3, -0.25) is 4.79 Å². The predicted octanol–water partition coefficient (Wildman–Crippen LogP) is 2.27. The number of hydrogen-bond acceptors (Lipinski definition) is 4. The monoisotopic (exact) mass is 315 g/mol. The van der Waals surface area contributed by atoms with Crippen LogP contribution in [0.2, 0.25) is 0 Å². The molecule has 0 bridgehead atoms. The lowest BCUT2D eigenvalue weighted by molar-refractivity contribution is -0.150. The van der Waals surface area contributed by atoms with Crippen LogP contribution in [0, 0.1) is 0 Å². The van der Waals surface area contributed by atoms with Crippen LogP contribution in [0.1, 0.15) is 23.4 Å². The second kappa shape index (κ2) is 6.06. The van der Waals surface area contributed by atoms with Crippen molar-refractivity contribution in [1.29, 1.82) is 0 Å². The molecule has 0 saturated carbocycles. The van der Waals surface area contributed by atoms with Crippen molar-refractivity contribution >= 4 is 34.8 Å². The number of halogens is 4. The molecule has 1 aromatic rings. The van der Waals surface area contributed by atoms with Gasteiger partial charge in [-0.25, -0.2) is 4.98 Å². The number of fused-ring (bicyclic) bond motifs is 1. The second-order valence-electron chi connectivity index (χ2n) is 4.23. The molecule has 19 heavy (non-hydrogen) atoms. The van der Waals surface area contributed by atoms with Crippen LogP contribution in [0.4, 0.5) is 18.3 Å². The molecule has 1 aliphatic carbocycles. The number of carbonyl (C=O) groups is 1. The third kappa shape index (κ3) is 4.63. The van der Waals surface area contributed by atoms with Gasteiger partial charge in [0.25, 0.3) is 0 Å². The molecular formula is C10H13ClF3N3OS. The summed E-state index contributed by atoms with van der Waals surface area (Å²) in [6, 6.07) is 0.0664. The van der Waals surface area contributed by atoms with Crippen LogP contribution in [0.15, 0.2) is 0 Å². The molecule has 0 saturated heterocycles. The Balaban J connectivity index is 0.00000180. The summed E-state index contributed by atoms with van der Waals surface area (Å²) in [4.78, 5) is 16.2. The SMILES string of the molecule is Cl.N[C@H]1CCc2nc(NC(=O)CC(F)(F)F)sc2C1. The first-order valence-corrected chi connectivity index (χ1v) is 6.26. The first kappa shape index (κ1) is 16.2. The minimum absolute atomic E-state index is 0. The molecule has 0 fully saturated rings. The van der Waals surface area contributed by atoms with Crippen LogP contribution in [-0.4, -0.2) is 23.1 Å². The molecule has 4 nitrogen and oxygen atoms in total. The highest BCUT2D eigenvalue weighted by atomic mass is 35.5. The van der Waals surface area contributed by atoms with Gasteiger partial charge in [-0.2, -0.15) is 13.2 Å². The van der Waals surface area contributed by atoms with E-state index in [0.29, 0.717) is 12.8 Å². The van der Waals surface area contributed by atoms with Crippen LogP contribution in [0.25, 0.3) is 0 Å². The van der Waals surface area contributed by atoms with E-state index in [1.165, 1.54) is 11.3 Å². The number of hydrogen-bond donors (Lipinski definition) is 2. The molecule has 3 N–H and O–H groups in total. The fraction of sp³-hybridized carbons (Fsp3) is 0.600. The third-order valence-corrected chi connectivity index (χ3v) is 3.62. The number of aromatic nitrogens is 1. The van der Waals surface area contributed by atoms with E-state index >= 15 is 0 Å². The van der Waals surface area contributed by atoms with Gasteiger partial charge in [0, 0.05) is 10.9 Å². The fourth-order valence-corrected chi connectivity index (χ4v) is 2.92. The molecule has 108 valence electrons. The standard InChI is InChI=1S/C10H12F3N3OS.ClH/c11-10(12,13)4-8(17)16-9-15-6-2-1-5(14)3-7(6)18-9;/h5H,1-4,14H2,(H,15,16,17);1H/t5-;/m0./s1. The Morgan fingerprint density at radius 2 is 2.21 bits per heavy atom. The van der Waals surface area contributed by atoms with Crippen LogP contribution in [0.5, 0.6) is 0 Å². The largest absolute Gasteiger partial charge is 0.397 e. The minimum atomic E-state index is -4.50. The van der Waals surface area contributed by atoms with Gasteiger partial charge in [-0.15, -0.1) is 23.7 Å². The molecule has 2 rings (SSSR count). The molecule has 0 aliphatic heterocycles. The molecule has 0 spiro atoms. The van der Waals surface area contributed by atoms with Crippen molar-refractivity contribution < 1.29 is 18.0 Å². The highest BCUT2D eigenvalue weighted by molar-refractivity contribution is 7.15. The van der Waals surface area contributed by atoms with Gasteiger partial charge in [-0.1, -0.05) is 0 Å². The molecule has 1 aromatic heterocycles. The lowest BCUT2D eigenvalue weighted by atomic mass is 9.99. The van der Waals surface area contributed by atoms with Crippen LogP contribution < -0.4 is 11.1 Å². The van der Waals surface area contributed by atoms with Crippen molar-refractivity contribution in [3.8, 4) is 0 Å². The normalized spacial score (nSPS) is 18.4. The Hall–Kier alpha value is -0.860. The van der Waals surface area contributed by atoms with Gasteiger partial charge < -0.3 is 11.1 Å². The highest BCUT2D eigenvalue weighted by Gasteiger charge is 2.31. The molecule has 0 unspecified atom stereocenters. The van der Waals surface area contributed by atoms with Crippen molar-refractivity contribution in [2.75, 3.05) is 5.32 Å². The lowest BCUT2D eigenvalue weighted by Gasteiger charge is -2.15. The summed E-state index contributed by atoms with van der Waals surface area (Å²) < 4.78 is 36.0. The lowest BCUT2D eigenvalue weighted by Crippen LogP contribution is -2.27. The zero-order valence-electron chi connectivity index (χ0n) is 9.79.